The van der Waals surface area contributed by atoms with E-state index in [1.165, 1.54) is 12.1 Å². The predicted octanol–water partition coefficient (Wildman–Crippen LogP) is 3.04. The van der Waals surface area contributed by atoms with E-state index in [1.54, 1.807) is 12.1 Å². The second-order valence-electron chi connectivity index (χ2n) is 3.60. The maximum atomic E-state index is 11.9. The first-order valence-electron chi connectivity index (χ1n) is 4.98. The lowest BCUT2D eigenvalue weighted by molar-refractivity contribution is -0.274. The van der Waals surface area contributed by atoms with Crippen molar-refractivity contribution in [3.8, 4) is 5.75 Å². The van der Waals surface area contributed by atoms with E-state index in [2.05, 4.69) is 4.74 Å². The minimum atomic E-state index is -4.63. The van der Waals surface area contributed by atoms with Gasteiger partial charge in [-0.1, -0.05) is 19.1 Å². The Morgan fingerprint density at radius 2 is 1.81 bits per heavy atom. The van der Waals surface area contributed by atoms with Gasteiger partial charge in [0.15, 0.2) is 0 Å². The fourth-order valence-electron chi connectivity index (χ4n) is 1.41. The molecule has 0 spiro atoms. The Bertz CT molecular complexity index is 321. The zero-order valence-corrected chi connectivity index (χ0v) is 8.92. The SMILES string of the molecule is CC(CCN)c1ccc(OC(F)(F)F)cc1. The third-order valence-electron chi connectivity index (χ3n) is 2.28. The molecule has 0 heterocycles. The molecule has 1 aromatic rings. The lowest BCUT2D eigenvalue weighted by Crippen LogP contribution is -2.17. The lowest BCUT2D eigenvalue weighted by atomic mass is 9.98. The van der Waals surface area contributed by atoms with Crippen molar-refractivity contribution in [1.82, 2.24) is 0 Å². The average molecular weight is 233 g/mol. The normalized spacial score (nSPS) is 13.6. The molecule has 5 heteroatoms. The quantitative estimate of drug-likeness (QED) is 0.867. The van der Waals surface area contributed by atoms with Crippen LogP contribution >= 0.6 is 0 Å². The molecule has 0 amide bonds. The first-order valence-corrected chi connectivity index (χ1v) is 4.98. The summed E-state index contributed by atoms with van der Waals surface area (Å²) in [5.41, 5.74) is 6.36. The maximum absolute atomic E-state index is 11.9. The van der Waals surface area contributed by atoms with Gasteiger partial charge in [-0.25, -0.2) is 0 Å². The lowest BCUT2D eigenvalue weighted by Gasteiger charge is -2.12. The molecule has 0 saturated carbocycles. The Kier molecular flexibility index (Phi) is 4.18. The molecule has 1 rings (SSSR count). The van der Waals surface area contributed by atoms with E-state index in [1.807, 2.05) is 6.92 Å². The molecular formula is C11H14F3NO. The van der Waals surface area contributed by atoms with Gasteiger partial charge in [0.25, 0.3) is 0 Å². The largest absolute Gasteiger partial charge is 0.573 e. The van der Waals surface area contributed by atoms with Gasteiger partial charge in [-0.15, -0.1) is 13.2 Å². The molecule has 0 radical (unpaired) electrons. The highest BCUT2D eigenvalue weighted by Crippen LogP contribution is 2.25. The van der Waals surface area contributed by atoms with Gasteiger partial charge in [-0.3, -0.25) is 0 Å². The molecule has 0 saturated heterocycles. The monoisotopic (exact) mass is 233 g/mol. The molecule has 0 aliphatic carbocycles. The minimum Gasteiger partial charge on any atom is -0.406 e. The zero-order chi connectivity index (χ0) is 12.2. The molecular weight excluding hydrogens is 219 g/mol. The van der Waals surface area contributed by atoms with Crippen molar-refractivity contribution < 1.29 is 17.9 Å². The second-order valence-corrected chi connectivity index (χ2v) is 3.60. The topological polar surface area (TPSA) is 35.2 Å². The highest BCUT2D eigenvalue weighted by Gasteiger charge is 2.30. The molecule has 0 aliphatic rings. The first kappa shape index (κ1) is 12.8. The Balaban J connectivity index is 2.68. The van der Waals surface area contributed by atoms with E-state index in [9.17, 15) is 13.2 Å². The summed E-state index contributed by atoms with van der Waals surface area (Å²) in [6.07, 6.45) is -3.83. The molecule has 0 fully saturated rings. The number of hydrogen-bond donors (Lipinski definition) is 1. The molecule has 1 unspecified atom stereocenters. The van der Waals surface area contributed by atoms with Crippen LogP contribution in [0.3, 0.4) is 0 Å². The van der Waals surface area contributed by atoms with Crippen molar-refractivity contribution in [3.05, 3.63) is 29.8 Å². The van der Waals surface area contributed by atoms with Crippen molar-refractivity contribution in [2.45, 2.75) is 25.6 Å². The molecule has 2 N–H and O–H groups in total. The number of halogens is 3. The van der Waals surface area contributed by atoms with Gasteiger partial charge in [0, 0.05) is 0 Å². The molecule has 0 aromatic heterocycles. The zero-order valence-electron chi connectivity index (χ0n) is 8.92. The molecule has 1 aromatic carbocycles. The first-order chi connectivity index (χ1) is 7.42. The fraction of sp³-hybridized carbons (Fsp3) is 0.455. The summed E-state index contributed by atoms with van der Waals surface area (Å²) in [4.78, 5) is 0. The highest BCUT2D eigenvalue weighted by atomic mass is 19.4. The number of hydrogen-bond acceptors (Lipinski definition) is 2. The van der Waals surface area contributed by atoms with Crippen molar-refractivity contribution in [3.63, 3.8) is 0 Å². The van der Waals surface area contributed by atoms with Crippen LogP contribution in [0.1, 0.15) is 24.8 Å². The second kappa shape index (κ2) is 5.21. The average Bonchev–Trinajstić information content (AvgIpc) is 2.16. The van der Waals surface area contributed by atoms with Crippen molar-refractivity contribution in [2.24, 2.45) is 5.73 Å². The van der Waals surface area contributed by atoms with Gasteiger partial charge >= 0.3 is 6.36 Å². The Labute approximate surface area is 92.2 Å². The van der Waals surface area contributed by atoms with Crippen LogP contribution in [0.2, 0.25) is 0 Å². The van der Waals surface area contributed by atoms with Crippen LogP contribution in [0.25, 0.3) is 0 Å². The Morgan fingerprint density at radius 1 is 1.25 bits per heavy atom. The number of alkyl halides is 3. The summed E-state index contributed by atoms with van der Waals surface area (Å²) in [7, 11) is 0. The molecule has 16 heavy (non-hydrogen) atoms. The fourth-order valence-corrected chi connectivity index (χ4v) is 1.41. The number of nitrogens with two attached hydrogens (primary N) is 1. The summed E-state index contributed by atoms with van der Waals surface area (Å²) in [5.74, 6) is 0.0427. The van der Waals surface area contributed by atoms with Crippen LogP contribution in [-0.4, -0.2) is 12.9 Å². The third kappa shape index (κ3) is 4.10. The van der Waals surface area contributed by atoms with Gasteiger partial charge in [-0.2, -0.15) is 0 Å². The van der Waals surface area contributed by atoms with E-state index in [0.29, 0.717) is 6.54 Å². The summed E-state index contributed by atoms with van der Waals surface area (Å²) in [6, 6.07) is 5.88. The van der Waals surface area contributed by atoms with Gasteiger partial charge in [0.05, 0.1) is 0 Å². The van der Waals surface area contributed by atoms with Crippen LogP contribution in [0.4, 0.5) is 13.2 Å². The van der Waals surface area contributed by atoms with E-state index in [4.69, 9.17) is 5.73 Å². The van der Waals surface area contributed by atoms with E-state index in [0.717, 1.165) is 12.0 Å². The number of rotatable bonds is 4. The molecule has 2 nitrogen and oxygen atoms in total. The molecule has 1 atom stereocenters. The third-order valence-corrected chi connectivity index (χ3v) is 2.28. The minimum absolute atomic E-state index is 0.198. The number of benzene rings is 1. The summed E-state index contributed by atoms with van der Waals surface area (Å²) in [5, 5.41) is 0. The van der Waals surface area contributed by atoms with Crippen LogP contribution in [-0.2, 0) is 0 Å². The smallest absolute Gasteiger partial charge is 0.406 e. The van der Waals surface area contributed by atoms with Crippen LogP contribution in [0.5, 0.6) is 5.75 Å². The van der Waals surface area contributed by atoms with Gasteiger partial charge in [0.1, 0.15) is 5.75 Å². The van der Waals surface area contributed by atoms with Crippen molar-refractivity contribution >= 4 is 0 Å². The van der Waals surface area contributed by atoms with Crippen LogP contribution in [0.15, 0.2) is 24.3 Å². The Morgan fingerprint density at radius 3 is 2.25 bits per heavy atom. The van der Waals surface area contributed by atoms with Crippen LogP contribution < -0.4 is 10.5 Å². The van der Waals surface area contributed by atoms with Gasteiger partial charge < -0.3 is 10.5 Å². The van der Waals surface area contributed by atoms with E-state index >= 15 is 0 Å². The maximum Gasteiger partial charge on any atom is 0.573 e. The molecule has 90 valence electrons. The van der Waals surface area contributed by atoms with E-state index in [-0.39, 0.29) is 11.7 Å². The Hall–Kier alpha value is -1.23. The highest BCUT2D eigenvalue weighted by molar-refractivity contribution is 5.29. The van der Waals surface area contributed by atoms with Gasteiger partial charge in [0.2, 0.25) is 0 Å². The summed E-state index contributed by atoms with van der Waals surface area (Å²) in [6.45, 7) is 2.54. The predicted molar refractivity (Wildman–Crippen MR) is 55.2 cm³/mol. The standard InChI is InChI=1S/C11H14F3NO/c1-8(6-7-15)9-2-4-10(5-3-9)16-11(12,13)14/h2-5,8H,6-7,15H2,1H3. The summed E-state index contributed by atoms with van der Waals surface area (Å²) >= 11 is 0. The van der Waals surface area contributed by atoms with Crippen LogP contribution in [0, 0.1) is 0 Å². The molecule has 0 aliphatic heterocycles. The van der Waals surface area contributed by atoms with Gasteiger partial charge in [-0.05, 0) is 36.6 Å². The van der Waals surface area contributed by atoms with E-state index < -0.39 is 6.36 Å². The van der Waals surface area contributed by atoms with Crippen molar-refractivity contribution in [2.75, 3.05) is 6.54 Å². The van der Waals surface area contributed by atoms with Crippen molar-refractivity contribution in [1.29, 1.82) is 0 Å². The summed E-state index contributed by atoms with van der Waals surface area (Å²) < 4.78 is 39.4. The number of ether oxygens (including phenoxy) is 1. The molecule has 0 bridgehead atoms.